The van der Waals surface area contributed by atoms with Crippen LogP contribution in [0.5, 0.6) is 0 Å². The number of rotatable bonds is 8. The van der Waals surface area contributed by atoms with E-state index in [1.807, 2.05) is 0 Å². The Morgan fingerprint density at radius 3 is 2.69 bits per heavy atom. The summed E-state index contributed by atoms with van der Waals surface area (Å²) in [6, 6.07) is 0. The van der Waals surface area contributed by atoms with Crippen molar-refractivity contribution in [3.8, 4) is 0 Å². The van der Waals surface area contributed by atoms with E-state index >= 15 is 0 Å². The molecule has 0 saturated carbocycles. The third-order valence-corrected chi connectivity index (χ3v) is 1.78. The molecule has 0 rings (SSSR count). The first kappa shape index (κ1) is 12.4. The summed E-state index contributed by atoms with van der Waals surface area (Å²) in [5, 5.41) is 10.5. The number of unbranched alkanes of at least 4 members (excludes halogenated alkanes) is 2. The van der Waals surface area contributed by atoms with Crippen LogP contribution >= 0.6 is 0 Å². The Balaban J connectivity index is 3.15. The van der Waals surface area contributed by atoms with Crippen LogP contribution < -0.4 is 0 Å². The Kier molecular flexibility index (Phi) is 9.05. The normalized spacial score (nSPS) is 11.3. The van der Waals surface area contributed by atoms with Crippen molar-refractivity contribution < 1.29 is 5.21 Å². The summed E-state index contributed by atoms with van der Waals surface area (Å²) in [7, 11) is 0. The van der Waals surface area contributed by atoms with E-state index in [2.05, 4.69) is 25.7 Å². The summed E-state index contributed by atoms with van der Waals surface area (Å²) in [6.07, 6.45) is 10.5. The minimum Gasteiger partial charge on any atom is -0.314 e. The highest BCUT2D eigenvalue weighted by molar-refractivity contribution is 4.79. The number of hydroxylamine groups is 2. The van der Waals surface area contributed by atoms with Gasteiger partial charge in [0.15, 0.2) is 0 Å². The molecule has 0 unspecified atom stereocenters. The number of allylic oxidation sites excluding steroid dienone is 2. The highest BCUT2D eigenvalue weighted by atomic mass is 16.5. The Morgan fingerprint density at radius 1 is 1.31 bits per heavy atom. The first-order valence-corrected chi connectivity index (χ1v) is 5.01. The Hall–Kier alpha value is -0.600. The molecule has 0 aromatic heterocycles. The third-order valence-electron chi connectivity index (χ3n) is 1.78. The van der Waals surface area contributed by atoms with Gasteiger partial charge in [-0.25, -0.2) is 0 Å². The number of hydrogen-bond acceptors (Lipinski definition) is 2. The van der Waals surface area contributed by atoms with Gasteiger partial charge in [0.1, 0.15) is 0 Å². The molecule has 0 aromatic carbocycles. The van der Waals surface area contributed by atoms with Gasteiger partial charge >= 0.3 is 0 Å². The standard InChI is InChI=1S/C11H21NO/c1-3-5-6-7-8-9-11-12(13)10-4-2/h4-6,13H,2-3,7-11H2,1H3/b6-5-. The maximum atomic E-state index is 9.20. The maximum Gasteiger partial charge on any atom is 0.0416 e. The van der Waals surface area contributed by atoms with Crippen LogP contribution in [0.3, 0.4) is 0 Å². The molecule has 0 atom stereocenters. The molecule has 0 heterocycles. The zero-order valence-electron chi connectivity index (χ0n) is 8.58. The predicted molar refractivity (Wildman–Crippen MR) is 56.8 cm³/mol. The van der Waals surface area contributed by atoms with Gasteiger partial charge in [0.2, 0.25) is 0 Å². The monoisotopic (exact) mass is 183 g/mol. The topological polar surface area (TPSA) is 23.5 Å². The van der Waals surface area contributed by atoms with Gasteiger partial charge in [0.25, 0.3) is 0 Å². The van der Waals surface area contributed by atoms with Crippen molar-refractivity contribution in [2.24, 2.45) is 0 Å². The van der Waals surface area contributed by atoms with E-state index in [-0.39, 0.29) is 0 Å². The molecule has 0 bridgehead atoms. The predicted octanol–water partition coefficient (Wildman–Crippen LogP) is 3.00. The van der Waals surface area contributed by atoms with E-state index in [1.165, 1.54) is 5.06 Å². The molecule has 0 spiro atoms. The molecule has 2 nitrogen and oxygen atoms in total. The molecule has 13 heavy (non-hydrogen) atoms. The summed E-state index contributed by atoms with van der Waals surface area (Å²) in [6.45, 7) is 6.99. The number of hydrogen-bond donors (Lipinski definition) is 1. The van der Waals surface area contributed by atoms with Crippen molar-refractivity contribution >= 4 is 0 Å². The van der Waals surface area contributed by atoms with Crippen molar-refractivity contribution in [1.29, 1.82) is 0 Å². The summed E-state index contributed by atoms with van der Waals surface area (Å²) < 4.78 is 0. The van der Waals surface area contributed by atoms with E-state index in [9.17, 15) is 5.21 Å². The fraction of sp³-hybridized carbons (Fsp3) is 0.636. The quantitative estimate of drug-likeness (QED) is 0.355. The Bertz CT molecular complexity index is 143. The average molecular weight is 183 g/mol. The van der Waals surface area contributed by atoms with Crippen LogP contribution in [0.1, 0.15) is 32.6 Å². The summed E-state index contributed by atoms with van der Waals surface area (Å²) in [5.74, 6) is 0. The molecule has 0 radical (unpaired) electrons. The van der Waals surface area contributed by atoms with Crippen molar-refractivity contribution in [2.45, 2.75) is 32.6 Å². The highest BCUT2D eigenvalue weighted by Gasteiger charge is 1.95. The van der Waals surface area contributed by atoms with Gasteiger partial charge in [-0.1, -0.05) is 25.2 Å². The minimum absolute atomic E-state index is 0.560. The van der Waals surface area contributed by atoms with Crippen LogP contribution in [-0.2, 0) is 0 Å². The van der Waals surface area contributed by atoms with Gasteiger partial charge in [-0.3, -0.25) is 0 Å². The third kappa shape index (κ3) is 9.31. The van der Waals surface area contributed by atoms with Gasteiger partial charge in [-0.15, -0.1) is 6.58 Å². The van der Waals surface area contributed by atoms with E-state index in [0.29, 0.717) is 6.54 Å². The van der Waals surface area contributed by atoms with E-state index in [1.54, 1.807) is 6.08 Å². The molecule has 0 fully saturated rings. The lowest BCUT2D eigenvalue weighted by Gasteiger charge is -2.10. The van der Waals surface area contributed by atoms with Crippen molar-refractivity contribution in [3.05, 3.63) is 24.8 Å². The maximum absolute atomic E-state index is 9.20. The average Bonchev–Trinajstić information content (AvgIpc) is 2.11. The van der Waals surface area contributed by atoms with Crippen LogP contribution in [0.2, 0.25) is 0 Å². The van der Waals surface area contributed by atoms with Crippen molar-refractivity contribution in [1.82, 2.24) is 5.06 Å². The fourth-order valence-electron chi connectivity index (χ4n) is 1.08. The zero-order valence-corrected chi connectivity index (χ0v) is 8.58. The van der Waals surface area contributed by atoms with Crippen LogP contribution in [0.15, 0.2) is 24.8 Å². The molecule has 0 aliphatic rings. The molecule has 0 aromatic rings. The lowest BCUT2D eigenvalue weighted by molar-refractivity contribution is -0.0808. The SMILES string of the molecule is C=CCN(O)CCCC/C=C\CC. The molecular formula is C11H21NO. The van der Waals surface area contributed by atoms with Gasteiger partial charge in [0, 0.05) is 13.1 Å². The molecule has 2 heteroatoms. The van der Waals surface area contributed by atoms with Crippen LogP contribution in [-0.4, -0.2) is 23.4 Å². The first-order valence-electron chi connectivity index (χ1n) is 5.01. The van der Waals surface area contributed by atoms with Crippen LogP contribution in [0.4, 0.5) is 0 Å². The summed E-state index contributed by atoms with van der Waals surface area (Å²) >= 11 is 0. The second-order valence-corrected chi connectivity index (χ2v) is 3.08. The Labute approximate surface area is 81.5 Å². The highest BCUT2D eigenvalue weighted by Crippen LogP contribution is 1.98. The zero-order chi connectivity index (χ0) is 9.94. The molecule has 0 aliphatic heterocycles. The second-order valence-electron chi connectivity index (χ2n) is 3.08. The van der Waals surface area contributed by atoms with Gasteiger partial charge in [-0.2, -0.15) is 5.06 Å². The summed E-state index contributed by atoms with van der Waals surface area (Å²) in [4.78, 5) is 0. The van der Waals surface area contributed by atoms with Gasteiger partial charge in [-0.05, 0) is 25.7 Å². The largest absolute Gasteiger partial charge is 0.314 e. The first-order chi connectivity index (χ1) is 6.31. The van der Waals surface area contributed by atoms with Gasteiger partial charge < -0.3 is 5.21 Å². The minimum atomic E-state index is 0.560. The van der Waals surface area contributed by atoms with Crippen molar-refractivity contribution in [2.75, 3.05) is 13.1 Å². The molecule has 76 valence electrons. The van der Waals surface area contributed by atoms with Crippen LogP contribution in [0.25, 0.3) is 0 Å². The second kappa shape index (κ2) is 9.49. The fourth-order valence-corrected chi connectivity index (χ4v) is 1.08. The van der Waals surface area contributed by atoms with E-state index in [4.69, 9.17) is 0 Å². The lowest BCUT2D eigenvalue weighted by atomic mass is 10.2. The smallest absolute Gasteiger partial charge is 0.0416 e. The molecule has 0 amide bonds. The lowest BCUT2D eigenvalue weighted by Crippen LogP contribution is -2.20. The number of nitrogens with zero attached hydrogens (tertiary/aromatic N) is 1. The van der Waals surface area contributed by atoms with Crippen molar-refractivity contribution in [3.63, 3.8) is 0 Å². The molecule has 1 N–H and O–H groups in total. The Morgan fingerprint density at radius 2 is 2.08 bits per heavy atom. The van der Waals surface area contributed by atoms with E-state index in [0.717, 1.165) is 32.2 Å². The van der Waals surface area contributed by atoms with Gasteiger partial charge in [0.05, 0.1) is 0 Å². The van der Waals surface area contributed by atoms with E-state index < -0.39 is 0 Å². The molecule has 0 aliphatic carbocycles. The summed E-state index contributed by atoms with van der Waals surface area (Å²) in [5.41, 5.74) is 0. The molecular weight excluding hydrogens is 162 g/mol. The van der Waals surface area contributed by atoms with Crippen LogP contribution in [0, 0.1) is 0 Å². The molecule has 0 saturated heterocycles.